The molecule has 52 heteroatoms. The highest BCUT2D eigenvalue weighted by atomic mass is 31.3. The average molecular weight is 1030 g/mol. The molecular weight excluding hydrogens is 1010 g/mol. The van der Waals surface area contributed by atoms with Crippen LogP contribution in [0, 0.1) is 0 Å². The molecular formula is H20O40P12. The maximum absolute atomic E-state index is 11.2. The van der Waals surface area contributed by atoms with Gasteiger partial charge in [0.2, 0.25) is 0 Å². The van der Waals surface area contributed by atoms with Gasteiger partial charge >= 0.3 is 93.9 Å². The van der Waals surface area contributed by atoms with Gasteiger partial charge in [0.1, 0.15) is 0 Å². The molecule has 0 aliphatic rings. The van der Waals surface area contributed by atoms with Crippen molar-refractivity contribution in [3.8, 4) is 0 Å². The largest absolute Gasteiger partial charge is 0.490 e. The van der Waals surface area contributed by atoms with Gasteiger partial charge in [-0.3, -0.25) is 0 Å². The van der Waals surface area contributed by atoms with Gasteiger partial charge in [-0.2, -0.15) is 38.8 Å². The van der Waals surface area contributed by atoms with Gasteiger partial charge in [0.25, 0.3) is 0 Å². The maximum Gasteiger partial charge on any atom is 0.490 e. The summed E-state index contributed by atoms with van der Waals surface area (Å²) in [5.74, 6) is 0. The monoisotopic (exact) mass is 1030 g/mol. The van der Waals surface area contributed by atoms with Gasteiger partial charge in [-0.15, -0.1) is 0 Å². The smallest absolute Gasteiger partial charge is 0.412 e. The molecule has 0 bridgehead atoms. The fourth-order valence-electron chi connectivity index (χ4n) is 1.29. The number of phosphoric acid groups is 12. The van der Waals surface area contributed by atoms with E-state index in [1.807, 2.05) is 0 Å². The third-order valence-electron chi connectivity index (χ3n) is 1.87. The molecule has 0 saturated heterocycles. The Morgan fingerprint density at radius 3 is 0.365 bits per heavy atom. The highest BCUT2D eigenvalue weighted by molar-refractivity contribution is 7.73. The van der Waals surface area contributed by atoms with E-state index in [9.17, 15) is 50.2 Å². The zero-order chi connectivity index (χ0) is 42.4. The van der Waals surface area contributed by atoms with E-state index < -0.39 is 93.9 Å². The molecule has 0 rings (SSSR count). The number of rotatable bonds is 18. The molecule has 320 valence electrons. The van der Waals surface area contributed by atoms with Crippen molar-refractivity contribution in [3.63, 3.8) is 0 Å². The standard InChI is InChI=1S/H8O19P6.H7O16P5.H3O4P.H2O/c1-20(2,3)15-22(7,8)17-24(11,12)19-25(13,14)18-23(9,10)16-21(4,5)6;1-17(2,3)13-19(7,8)15-21(11,12)16-20(9,10)14-18(4,5)6;1-5(2,3)4;/h(H,7,8)(H,9,10)(H,11,12)(H,13,14)(H2,1,2,3)(H2,4,5,6);(H,7,8)(H,9,10)(H,11,12)(H2,1,2,3)(H2,4,5,6);(H3,1,2,3,4);1H2. The van der Waals surface area contributed by atoms with E-state index in [0.29, 0.717) is 0 Å². The summed E-state index contributed by atoms with van der Waals surface area (Å²) < 4.78 is 155. The van der Waals surface area contributed by atoms with Crippen LogP contribution in [0.1, 0.15) is 0 Å². The second kappa shape index (κ2) is 20.6. The predicted octanol–water partition coefficient (Wildman–Crippen LogP) is -2.56. The van der Waals surface area contributed by atoms with Gasteiger partial charge in [0, 0.05) is 0 Å². The molecule has 0 aromatic carbocycles. The van der Waals surface area contributed by atoms with Crippen LogP contribution in [-0.4, -0.2) is 93.6 Å². The van der Waals surface area contributed by atoms with Crippen LogP contribution in [0.15, 0.2) is 0 Å². The lowest BCUT2D eigenvalue weighted by Gasteiger charge is -2.19. The van der Waals surface area contributed by atoms with Crippen molar-refractivity contribution in [3.05, 3.63) is 0 Å². The lowest BCUT2D eigenvalue weighted by molar-refractivity contribution is 0.177. The molecule has 0 amide bonds. The van der Waals surface area contributed by atoms with Crippen LogP contribution in [0.25, 0.3) is 0 Å². The van der Waals surface area contributed by atoms with E-state index in [2.05, 4.69) is 38.8 Å². The SMILES string of the molecule is O.O=P(O)(O)O.O=P(O)(O)OP(=O)(O)OP(=O)(O)OP(=O)(O)OP(=O)(O)O.O=P(O)(O)OP(=O)(O)OP(=O)(O)OP(=O)(O)OP(=O)(O)OP(=O)(O)O. The molecule has 52 heavy (non-hydrogen) atoms. The van der Waals surface area contributed by atoms with E-state index in [1.54, 1.807) is 0 Å². The summed E-state index contributed by atoms with van der Waals surface area (Å²) in [5, 5.41) is 0. The highest BCUT2D eigenvalue weighted by Crippen LogP contribution is 2.75. The van der Waals surface area contributed by atoms with Crippen molar-refractivity contribution in [2.75, 3.05) is 0 Å². The average Bonchev–Trinajstić information content (AvgIpc) is 2.51. The summed E-state index contributed by atoms with van der Waals surface area (Å²) in [6.07, 6.45) is 0. The minimum Gasteiger partial charge on any atom is -0.412 e. The van der Waals surface area contributed by atoms with Crippen LogP contribution >= 0.6 is 93.9 Å². The molecule has 0 aromatic rings. The summed E-state index contributed by atoms with van der Waals surface area (Å²) in [4.78, 5) is 148. The zero-order valence-corrected chi connectivity index (χ0v) is 33.2. The summed E-state index contributed by atoms with van der Waals surface area (Å²) in [7, 11) is -70.2. The fourth-order valence-corrected chi connectivity index (χ4v) is 13.5. The van der Waals surface area contributed by atoms with E-state index in [4.69, 9.17) is 92.6 Å². The molecule has 0 saturated carbocycles. The molecule has 0 aliphatic heterocycles. The quantitative estimate of drug-likeness (QED) is 0.0628. The van der Waals surface area contributed by atoms with E-state index in [1.165, 1.54) is 0 Å². The minimum atomic E-state index is -6.26. The fraction of sp³-hybridized carbons (Fsp3) is 0. The number of hydrogen-bond donors (Lipinski definition) is 18. The molecule has 20 N–H and O–H groups in total. The number of hydrogen-bond acceptors (Lipinski definition) is 21. The Morgan fingerprint density at radius 2 is 0.288 bits per heavy atom. The van der Waals surface area contributed by atoms with Crippen LogP contribution < -0.4 is 0 Å². The van der Waals surface area contributed by atoms with Crippen molar-refractivity contribution in [2.45, 2.75) is 0 Å². The molecule has 6 unspecified atom stereocenters. The normalized spacial score (nSPS) is 21.1. The Balaban J connectivity index is -0.000000389. The molecule has 0 aliphatic carbocycles. The highest BCUT2D eigenvalue weighted by Gasteiger charge is 2.49. The van der Waals surface area contributed by atoms with Gasteiger partial charge in [0.15, 0.2) is 0 Å². The van der Waals surface area contributed by atoms with Gasteiger partial charge in [-0.05, 0) is 0 Å². The van der Waals surface area contributed by atoms with Crippen LogP contribution in [0.3, 0.4) is 0 Å². The van der Waals surface area contributed by atoms with E-state index in [-0.39, 0.29) is 5.48 Å². The van der Waals surface area contributed by atoms with Gasteiger partial charge in [-0.25, -0.2) is 54.8 Å². The third-order valence-corrected chi connectivity index (χ3v) is 16.8. The molecule has 0 aromatic heterocycles. The first-order chi connectivity index (χ1) is 21.4. The minimum absolute atomic E-state index is 0. The van der Waals surface area contributed by atoms with Gasteiger partial charge in [-0.1, -0.05) is 0 Å². The van der Waals surface area contributed by atoms with E-state index in [0.717, 1.165) is 0 Å². The Morgan fingerprint density at radius 1 is 0.212 bits per heavy atom. The summed E-state index contributed by atoms with van der Waals surface area (Å²) in [5.41, 5.74) is 0. The molecule has 0 spiro atoms. The van der Waals surface area contributed by atoms with E-state index >= 15 is 0 Å². The van der Waals surface area contributed by atoms with Crippen LogP contribution in [0.5, 0.6) is 0 Å². The van der Waals surface area contributed by atoms with Gasteiger partial charge < -0.3 is 93.6 Å². The first-order valence-corrected chi connectivity index (χ1v) is 27.2. The predicted molar refractivity (Wildman–Crippen MR) is 145 cm³/mol. The summed E-state index contributed by atoms with van der Waals surface area (Å²) >= 11 is 0. The molecule has 0 radical (unpaired) electrons. The summed E-state index contributed by atoms with van der Waals surface area (Å²) in [6, 6.07) is 0. The van der Waals surface area contributed by atoms with Crippen LogP contribution in [-0.2, 0) is 93.6 Å². The summed E-state index contributed by atoms with van der Waals surface area (Å²) in [6.45, 7) is 0. The van der Waals surface area contributed by atoms with Gasteiger partial charge in [0.05, 0.1) is 0 Å². The van der Waals surface area contributed by atoms with Crippen molar-refractivity contribution in [2.24, 2.45) is 0 Å². The first-order valence-electron chi connectivity index (χ1n) is 9.08. The topological polar surface area (TPSA) is 684 Å². The lowest BCUT2D eigenvalue weighted by atomic mass is 15.7. The second-order valence-corrected chi connectivity index (χ2v) is 23.9. The lowest BCUT2D eigenvalue weighted by Crippen LogP contribution is -1.98. The zero-order valence-electron chi connectivity index (χ0n) is 22.5. The Hall–Kier alpha value is 1.64. The second-order valence-electron chi connectivity index (χ2n) is 6.49. The van der Waals surface area contributed by atoms with Crippen molar-refractivity contribution in [1.82, 2.24) is 0 Å². The third kappa shape index (κ3) is 42.8. The molecule has 40 nitrogen and oxygen atoms in total. The van der Waals surface area contributed by atoms with Crippen molar-refractivity contribution >= 4 is 93.9 Å². The molecule has 0 fully saturated rings. The molecule has 0 heterocycles. The van der Waals surface area contributed by atoms with Crippen LogP contribution in [0.4, 0.5) is 0 Å². The first kappa shape index (κ1) is 60.3. The Bertz CT molecular complexity index is 1630. The molecule has 6 atom stereocenters. The van der Waals surface area contributed by atoms with Crippen molar-refractivity contribution in [1.29, 1.82) is 0 Å². The Kier molecular flexibility index (Phi) is 23.8. The maximum atomic E-state index is 11.2. The van der Waals surface area contributed by atoms with Crippen LogP contribution in [0.2, 0.25) is 0 Å². The Labute approximate surface area is 281 Å². The van der Waals surface area contributed by atoms with Crippen molar-refractivity contribution < 1.29 is 187 Å².